The quantitative estimate of drug-likeness (QED) is 0.636. The van der Waals surface area contributed by atoms with Gasteiger partial charge in [0.2, 0.25) is 5.91 Å². The van der Waals surface area contributed by atoms with Crippen LogP contribution < -0.4 is 10.1 Å². The molecular formula is C15H21Br2ClN2O2. The lowest BCUT2D eigenvalue weighted by Crippen LogP contribution is -2.28. The van der Waals surface area contributed by atoms with Crippen molar-refractivity contribution in [3.8, 4) is 5.75 Å². The standard InChI is InChI=1S/C15H20Br2N2O2.ClH/c1-21-15-11(8-12(16)9-13(15)17)10-18-5-3-7-19-6-2-4-14(19)20;/h8-9,18H,2-7,10H2,1H3;1H. The van der Waals surface area contributed by atoms with Crippen LogP contribution in [0, 0.1) is 0 Å². The van der Waals surface area contributed by atoms with Crippen LogP contribution in [0.15, 0.2) is 21.1 Å². The van der Waals surface area contributed by atoms with Gasteiger partial charge in [-0.25, -0.2) is 0 Å². The Kier molecular flexibility index (Phi) is 8.75. The molecular weight excluding hydrogens is 435 g/mol. The summed E-state index contributed by atoms with van der Waals surface area (Å²) in [7, 11) is 1.68. The van der Waals surface area contributed by atoms with Crippen molar-refractivity contribution in [1.29, 1.82) is 0 Å². The van der Waals surface area contributed by atoms with Crippen molar-refractivity contribution in [2.75, 3.05) is 26.7 Å². The van der Waals surface area contributed by atoms with Crippen LogP contribution in [0.25, 0.3) is 0 Å². The second kappa shape index (κ2) is 9.75. The summed E-state index contributed by atoms with van der Waals surface area (Å²) in [5, 5.41) is 3.41. The lowest BCUT2D eigenvalue weighted by molar-refractivity contribution is -0.127. The Balaban J connectivity index is 0.00000242. The monoisotopic (exact) mass is 454 g/mol. The van der Waals surface area contributed by atoms with E-state index in [4.69, 9.17) is 4.74 Å². The van der Waals surface area contributed by atoms with Gasteiger partial charge in [0.1, 0.15) is 5.75 Å². The first-order valence-electron chi connectivity index (χ1n) is 7.12. The molecule has 0 atom stereocenters. The normalized spacial score (nSPS) is 14.1. The van der Waals surface area contributed by atoms with Crippen LogP contribution in [0.4, 0.5) is 0 Å². The summed E-state index contributed by atoms with van der Waals surface area (Å²) < 4.78 is 7.39. The number of amides is 1. The summed E-state index contributed by atoms with van der Waals surface area (Å²) in [4.78, 5) is 13.5. The Morgan fingerprint density at radius 2 is 2.14 bits per heavy atom. The molecule has 1 aliphatic heterocycles. The molecule has 22 heavy (non-hydrogen) atoms. The van der Waals surface area contributed by atoms with Gasteiger partial charge in [0.05, 0.1) is 11.6 Å². The first-order chi connectivity index (χ1) is 10.1. The third-order valence-electron chi connectivity index (χ3n) is 3.56. The Hall–Kier alpha value is -0.300. The molecule has 7 heteroatoms. The molecule has 0 aliphatic carbocycles. The van der Waals surface area contributed by atoms with E-state index in [9.17, 15) is 4.79 Å². The average Bonchev–Trinajstić information content (AvgIpc) is 2.83. The van der Waals surface area contributed by atoms with Crippen LogP contribution in [0.1, 0.15) is 24.8 Å². The molecule has 0 aromatic heterocycles. The highest BCUT2D eigenvalue weighted by Gasteiger charge is 2.18. The molecule has 1 amide bonds. The number of rotatable bonds is 7. The summed E-state index contributed by atoms with van der Waals surface area (Å²) in [5.74, 6) is 1.16. The number of benzene rings is 1. The minimum absolute atomic E-state index is 0. The van der Waals surface area contributed by atoms with E-state index in [1.807, 2.05) is 11.0 Å². The maximum Gasteiger partial charge on any atom is 0.222 e. The Bertz CT molecular complexity index is 515. The maximum atomic E-state index is 11.5. The average molecular weight is 457 g/mol. The molecule has 2 rings (SSSR count). The SMILES string of the molecule is COc1c(Br)cc(Br)cc1CNCCCN1CCCC1=O.Cl. The van der Waals surface area contributed by atoms with Crippen LogP contribution in [0.2, 0.25) is 0 Å². The van der Waals surface area contributed by atoms with Crippen LogP contribution >= 0.6 is 44.3 Å². The van der Waals surface area contributed by atoms with E-state index in [0.29, 0.717) is 5.91 Å². The number of carbonyl (C=O) groups excluding carboxylic acids is 1. The van der Waals surface area contributed by atoms with Crippen molar-refractivity contribution in [2.45, 2.75) is 25.8 Å². The van der Waals surface area contributed by atoms with Gasteiger partial charge in [-0.05, 0) is 47.4 Å². The van der Waals surface area contributed by atoms with Gasteiger partial charge in [0.15, 0.2) is 0 Å². The smallest absolute Gasteiger partial charge is 0.222 e. The fraction of sp³-hybridized carbons (Fsp3) is 0.533. The Morgan fingerprint density at radius 3 is 2.77 bits per heavy atom. The maximum absolute atomic E-state index is 11.5. The van der Waals surface area contributed by atoms with Gasteiger partial charge in [-0.15, -0.1) is 12.4 Å². The second-order valence-electron chi connectivity index (χ2n) is 5.09. The van der Waals surface area contributed by atoms with Crippen LogP contribution in [0.3, 0.4) is 0 Å². The summed E-state index contributed by atoms with van der Waals surface area (Å²) in [5.41, 5.74) is 1.11. The molecule has 1 aromatic rings. The highest BCUT2D eigenvalue weighted by molar-refractivity contribution is 9.11. The molecule has 1 N–H and O–H groups in total. The summed E-state index contributed by atoms with van der Waals surface area (Å²) >= 11 is 7.00. The van der Waals surface area contributed by atoms with Crippen molar-refractivity contribution in [2.24, 2.45) is 0 Å². The second-order valence-corrected chi connectivity index (χ2v) is 6.86. The molecule has 1 aliphatic rings. The summed E-state index contributed by atoms with van der Waals surface area (Å²) in [6.45, 7) is 3.41. The number of nitrogens with zero attached hydrogens (tertiary/aromatic N) is 1. The minimum atomic E-state index is 0. The van der Waals surface area contributed by atoms with E-state index in [0.717, 1.165) is 65.7 Å². The Labute approximate surface area is 154 Å². The number of hydrogen-bond donors (Lipinski definition) is 1. The van der Waals surface area contributed by atoms with Gasteiger partial charge in [-0.2, -0.15) is 0 Å². The van der Waals surface area contributed by atoms with Crippen molar-refractivity contribution in [1.82, 2.24) is 10.2 Å². The third-order valence-corrected chi connectivity index (χ3v) is 4.60. The third kappa shape index (κ3) is 5.41. The lowest BCUT2D eigenvalue weighted by atomic mass is 10.2. The number of methoxy groups -OCH3 is 1. The summed E-state index contributed by atoms with van der Waals surface area (Å²) in [6.07, 6.45) is 2.70. The number of carbonyl (C=O) groups is 1. The van der Waals surface area contributed by atoms with E-state index in [2.05, 4.69) is 43.2 Å². The van der Waals surface area contributed by atoms with Crippen molar-refractivity contribution >= 4 is 50.2 Å². The number of likely N-dealkylation sites (tertiary alicyclic amines) is 1. The molecule has 0 bridgehead atoms. The fourth-order valence-corrected chi connectivity index (χ4v) is 4.01. The summed E-state index contributed by atoms with van der Waals surface area (Å²) in [6, 6.07) is 4.03. The zero-order chi connectivity index (χ0) is 15.2. The molecule has 1 heterocycles. The number of hydrogen-bond acceptors (Lipinski definition) is 3. The minimum Gasteiger partial charge on any atom is -0.495 e. The van der Waals surface area contributed by atoms with E-state index >= 15 is 0 Å². The van der Waals surface area contributed by atoms with Gasteiger partial charge < -0.3 is 15.0 Å². The van der Waals surface area contributed by atoms with Crippen molar-refractivity contribution in [3.05, 3.63) is 26.6 Å². The molecule has 4 nitrogen and oxygen atoms in total. The van der Waals surface area contributed by atoms with Gasteiger partial charge in [0.25, 0.3) is 0 Å². The van der Waals surface area contributed by atoms with Crippen molar-refractivity contribution < 1.29 is 9.53 Å². The zero-order valence-electron chi connectivity index (χ0n) is 12.5. The van der Waals surface area contributed by atoms with Crippen LogP contribution in [0.5, 0.6) is 5.75 Å². The van der Waals surface area contributed by atoms with Crippen LogP contribution in [-0.2, 0) is 11.3 Å². The molecule has 0 saturated carbocycles. The molecule has 1 aromatic carbocycles. The zero-order valence-corrected chi connectivity index (χ0v) is 16.5. The predicted molar refractivity (Wildman–Crippen MR) is 97.8 cm³/mol. The lowest BCUT2D eigenvalue weighted by Gasteiger charge is -2.16. The van der Waals surface area contributed by atoms with E-state index in [1.165, 1.54) is 0 Å². The van der Waals surface area contributed by atoms with E-state index in [1.54, 1.807) is 7.11 Å². The van der Waals surface area contributed by atoms with E-state index in [-0.39, 0.29) is 12.4 Å². The number of halogens is 3. The molecule has 1 saturated heterocycles. The van der Waals surface area contributed by atoms with Gasteiger partial charge >= 0.3 is 0 Å². The molecule has 124 valence electrons. The largest absolute Gasteiger partial charge is 0.495 e. The predicted octanol–water partition coefficient (Wildman–Crippen LogP) is 3.74. The molecule has 0 spiro atoms. The fourth-order valence-electron chi connectivity index (χ4n) is 2.53. The van der Waals surface area contributed by atoms with Gasteiger partial charge in [-0.3, -0.25) is 4.79 Å². The highest BCUT2D eigenvalue weighted by atomic mass is 79.9. The number of ether oxygens (including phenoxy) is 1. The molecule has 0 unspecified atom stereocenters. The van der Waals surface area contributed by atoms with E-state index < -0.39 is 0 Å². The van der Waals surface area contributed by atoms with Crippen LogP contribution in [-0.4, -0.2) is 37.6 Å². The number of nitrogens with one attached hydrogen (secondary N) is 1. The highest BCUT2D eigenvalue weighted by Crippen LogP contribution is 2.32. The first-order valence-corrected chi connectivity index (χ1v) is 8.71. The van der Waals surface area contributed by atoms with Gasteiger partial charge in [-0.1, -0.05) is 15.9 Å². The van der Waals surface area contributed by atoms with Gasteiger partial charge in [0, 0.05) is 36.1 Å². The topological polar surface area (TPSA) is 41.6 Å². The molecule has 0 radical (unpaired) electrons. The first kappa shape index (κ1) is 19.7. The Morgan fingerprint density at radius 1 is 1.36 bits per heavy atom. The molecule has 1 fully saturated rings. The van der Waals surface area contributed by atoms with Crippen molar-refractivity contribution in [3.63, 3.8) is 0 Å².